The molecule has 8 N–H and O–H groups in total. The predicted molar refractivity (Wildman–Crippen MR) is 187 cm³/mol. The van der Waals surface area contributed by atoms with Crippen molar-refractivity contribution in [3.8, 4) is 11.8 Å². The van der Waals surface area contributed by atoms with Crippen molar-refractivity contribution >= 4 is 58.0 Å². The fraction of sp³-hybridized carbons (Fsp3) is 0.464. The molecule has 1 aliphatic heterocycles. The van der Waals surface area contributed by atoms with Crippen LogP contribution in [0.25, 0.3) is 11.2 Å². The Kier molecular flexibility index (Phi) is 15.1. The molecule has 27 heteroatoms. The minimum Gasteiger partial charge on any atom is -0.390 e. The van der Waals surface area contributed by atoms with Crippen LogP contribution in [-0.4, -0.2) is 92.8 Å². The number of carbonyl (C=O) groups excluding carboxylic acids is 2. The zero-order valence-electron chi connectivity index (χ0n) is 28.8. The van der Waals surface area contributed by atoms with E-state index in [1.54, 1.807) is 6.07 Å². The van der Waals surface area contributed by atoms with Gasteiger partial charge in [0.2, 0.25) is 11.8 Å². The summed E-state index contributed by atoms with van der Waals surface area (Å²) in [5.74, 6) is 5.47. The molecule has 3 heterocycles. The first-order chi connectivity index (χ1) is 25.8. The Morgan fingerprint density at radius 3 is 2.55 bits per heavy atom. The van der Waals surface area contributed by atoms with Gasteiger partial charge in [-0.15, -0.1) is 0 Å². The van der Waals surface area contributed by atoms with E-state index < -0.39 is 53.4 Å². The van der Waals surface area contributed by atoms with Gasteiger partial charge in [0.05, 0.1) is 30.5 Å². The van der Waals surface area contributed by atoms with E-state index in [0.717, 1.165) is 12.8 Å². The Bertz CT molecular complexity index is 2090. The van der Waals surface area contributed by atoms with E-state index in [1.807, 2.05) is 0 Å². The van der Waals surface area contributed by atoms with Crippen molar-refractivity contribution in [2.75, 3.05) is 25.0 Å². The van der Waals surface area contributed by atoms with Crippen LogP contribution in [0, 0.1) is 22.0 Å². The molecular formula is C28H37N8O16P3. The summed E-state index contributed by atoms with van der Waals surface area (Å²) in [6.07, 6.45) is 1.29. The minimum absolute atomic E-state index is 0.0473. The summed E-state index contributed by atoms with van der Waals surface area (Å²) >= 11 is 0. The molecule has 3 aromatic rings. The molecule has 1 saturated heterocycles. The van der Waals surface area contributed by atoms with Crippen molar-refractivity contribution in [1.82, 2.24) is 30.2 Å². The molecule has 55 heavy (non-hydrogen) atoms. The number of anilines is 1. The first kappa shape index (κ1) is 43.5. The number of phosphoric ester groups is 1. The number of hydrogen-bond donors (Lipinski definition) is 8. The number of aromatic nitrogens is 4. The highest BCUT2D eigenvalue weighted by molar-refractivity contribution is 7.66. The summed E-state index contributed by atoms with van der Waals surface area (Å²) in [7, 11) is -16.8. The van der Waals surface area contributed by atoms with Crippen LogP contribution in [-0.2, 0) is 47.7 Å². The number of unbranched alkanes of at least 4 members (excludes halogenated alkanes) is 2. The molecule has 2 aromatic heterocycles. The van der Waals surface area contributed by atoms with Gasteiger partial charge in [0.1, 0.15) is 18.7 Å². The van der Waals surface area contributed by atoms with E-state index in [2.05, 4.69) is 55.9 Å². The molecule has 1 aliphatic rings. The molecular weight excluding hydrogens is 797 g/mol. The summed E-state index contributed by atoms with van der Waals surface area (Å²) in [4.78, 5) is 83.2. The number of nitrogens with one attached hydrogen (secondary N) is 3. The van der Waals surface area contributed by atoms with Crippen molar-refractivity contribution in [2.45, 2.75) is 64.0 Å². The van der Waals surface area contributed by atoms with Gasteiger partial charge >= 0.3 is 23.5 Å². The highest BCUT2D eigenvalue weighted by Crippen LogP contribution is 2.66. The van der Waals surface area contributed by atoms with E-state index in [0.29, 0.717) is 24.9 Å². The second-order valence-electron chi connectivity index (χ2n) is 11.7. The van der Waals surface area contributed by atoms with Crippen LogP contribution in [0.5, 0.6) is 0 Å². The van der Waals surface area contributed by atoms with Gasteiger partial charge in [0.25, 0.3) is 5.69 Å². The molecule has 4 rings (SSSR count). The number of nitro benzene ring substituents is 1. The number of benzene rings is 1. The zero-order chi connectivity index (χ0) is 40.4. The van der Waals surface area contributed by atoms with Gasteiger partial charge < -0.3 is 45.4 Å². The third-order valence-corrected chi connectivity index (χ3v) is 11.3. The molecule has 2 amide bonds. The predicted octanol–water partition coefficient (Wildman–Crippen LogP) is 1.50. The first-order valence-electron chi connectivity index (χ1n) is 16.1. The molecule has 0 saturated carbocycles. The SMILES string of the molecule is CC(=O)NCCCCCC(=O)NCC#Cc1ccc(CNc2ncnc3c2ncn3[C@H]2C[C@@H](O)[C@@H](COP(=O)(O)OP(=O)(O)OP(=O)(O)O)O2)c([N+](=O)[O-])c1. The second-order valence-corrected chi connectivity index (χ2v) is 16.1. The molecule has 0 aliphatic carbocycles. The lowest BCUT2D eigenvalue weighted by molar-refractivity contribution is -0.385. The number of hydrogen-bond acceptors (Lipinski definition) is 16. The Hall–Kier alpha value is -4.20. The van der Waals surface area contributed by atoms with Crippen LogP contribution in [0.15, 0.2) is 30.9 Å². The first-order valence-corrected chi connectivity index (χ1v) is 20.6. The van der Waals surface area contributed by atoms with Crippen molar-refractivity contribution in [3.05, 3.63) is 52.1 Å². The Labute approximate surface area is 311 Å². The fourth-order valence-corrected chi connectivity index (χ4v) is 8.10. The van der Waals surface area contributed by atoms with Crippen molar-refractivity contribution in [3.63, 3.8) is 0 Å². The molecule has 300 valence electrons. The highest BCUT2D eigenvalue weighted by atomic mass is 31.3. The number of nitrogens with zero attached hydrogens (tertiary/aromatic N) is 5. The lowest BCUT2D eigenvalue weighted by Crippen LogP contribution is -2.26. The van der Waals surface area contributed by atoms with Crippen molar-refractivity contribution < 1.29 is 70.8 Å². The number of fused-ring (bicyclic) bond motifs is 1. The lowest BCUT2D eigenvalue weighted by Gasteiger charge is -2.19. The van der Waals surface area contributed by atoms with Crippen LogP contribution >= 0.6 is 23.5 Å². The van der Waals surface area contributed by atoms with E-state index in [1.165, 1.54) is 36.3 Å². The van der Waals surface area contributed by atoms with Gasteiger partial charge in [-0.1, -0.05) is 18.3 Å². The Morgan fingerprint density at radius 1 is 1.07 bits per heavy atom. The number of carbonyl (C=O) groups is 2. The van der Waals surface area contributed by atoms with Crippen LogP contribution < -0.4 is 16.0 Å². The molecule has 5 atom stereocenters. The van der Waals surface area contributed by atoms with Gasteiger partial charge in [-0.25, -0.2) is 28.6 Å². The van der Waals surface area contributed by atoms with Crippen molar-refractivity contribution in [1.29, 1.82) is 0 Å². The second kappa shape index (κ2) is 19.1. The summed E-state index contributed by atoms with van der Waals surface area (Å²) in [6, 6.07) is 4.40. The maximum absolute atomic E-state index is 12.1. The molecule has 1 aromatic carbocycles. The standard InChI is InChI=1S/C28H37N8O16P3/c1-18(37)29-10-4-2-3-7-24(39)30-11-5-6-19-8-9-20(21(12-19)36(40)41)14-31-27-26-28(33-16-32-27)35(17-34-26)25-13-22(38)23(50-25)15-49-54(45,46)52-55(47,48)51-53(42,43)44/h8-9,12,16-17,22-23,25,38H,2-4,7,10-11,13-15H2,1H3,(H,29,37)(H,30,39)(H,45,46)(H,47,48)(H,31,32,33)(H2,42,43,44)/t22-,23-,25-/m1/s1. The largest absolute Gasteiger partial charge is 0.490 e. The van der Waals surface area contributed by atoms with Gasteiger partial charge in [-0.05, 0) is 25.0 Å². The normalized spacial score (nSPS) is 19.1. The third kappa shape index (κ3) is 13.8. The van der Waals surface area contributed by atoms with Gasteiger partial charge in [-0.3, -0.25) is 28.8 Å². The highest BCUT2D eigenvalue weighted by Gasteiger charge is 2.43. The molecule has 0 radical (unpaired) electrons. The number of imidazole rings is 1. The average Bonchev–Trinajstić information content (AvgIpc) is 3.68. The molecule has 0 spiro atoms. The van der Waals surface area contributed by atoms with E-state index in [-0.39, 0.29) is 59.6 Å². The Morgan fingerprint density at radius 2 is 1.84 bits per heavy atom. The summed E-state index contributed by atoms with van der Waals surface area (Å²) in [6.45, 7) is 1.10. The molecule has 2 unspecified atom stereocenters. The number of aliphatic hydroxyl groups is 1. The summed E-state index contributed by atoms with van der Waals surface area (Å²) < 4.78 is 53.5. The number of aliphatic hydroxyl groups excluding tert-OH is 1. The maximum Gasteiger partial charge on any atom is 0.490 e. The summed E-state index contributed by atoms with van der Waals surface area (Å²) in [5, 5.41) is 30.8. The molecule has 24 nitrogen and oxygen atoms in total. The monoisotopic (exact) mass is 834 g/mol. The fourth-order valence-electron chi connectivity index (χ4n) is 5.07. The van der Waals surface area contributed by atoms with Crippen LogP contribution in [0.1, 0.15) is 56.4 Å². The lowest BCUT2D eigenvalue weighted by atomic mass is 10.1. The average molecular weight is 835 g/mol. The van der Waals surface area contributed by atoms with E-state index in [9.17, 15) is 48.3 Å². The van der Waals surface area contributed by atoms with Crippen LogP contribution in [0.4, 0.5) is 11.5 Å². The number of phosphoric acid groups is 3. The van der Waals surface area contributed by atoms with E-state index in [4.69, 9.17) is 14.5 Å². The third-order valence-electron chi connectivity index (χ3n) is 7.48. The van der Waals surface area contributed by atoms with Crippen molar-refractivity contribution in [2.24, 2.45) is 0 Å². The van der Waals surface area contributed by atoms with Gasteiger partial charge in [0.15, 0.2) is 17.0 Å². The van der Waals surface area contributed by atoms with Crippen LogP contribution in [0.3, 0.4) is 0 Å². The number of nitro groups is 1. The van der Waals surface area contributed by atoms with Gasteiger partial charge in [0, 0.05) is 50.0 Å². The molecule has 0 bridgehead atoms. The number of ether oxygens (including phenoxy) is 1. The topological polar surface area (TPSA) is 346 Å². The molecule has 1 fully saturated rings. The summed E-state index contributed by atoms with van der Waals surface area (Å²) in [5.41, 5.74) is 0.834. The minimum atomic E-state index is -5.74. The van der Waals surface area contributed by atoms with Crippen LogP contribution in [0.2, 0.25) is 0 Å². The Balaban J connectivity index is 1.33. The maximum atomic E-state index is 12.1. The van der Waals surface area contributed by atoms with Gasteiger partial charge in [-0.2, -0.15) is 8.62 Å². The quantitative estimate of drug-likeness (QED) is 0.0279. The van der Waals surface area contributed by atoms with E-state index >= 15 is 0 Å². The number of rotatable bonds is 19. The smallest absolute Gasteiger partial charge is 0.390 e. The zero-order valence-corrected chi connectivity index (χ0v) is 31.5. The number of amides is 2.